The van der Waals surface area contributed by atoms with Crippen LogP contribution < -0.4 is 5.56 Å². The van der Waals surface area contributed by atoms with Crippen molar-refractivity contribution < 1.29 is 4.39 Å². The second-order valence-corrected chi connectivity index (χ2v) is 6.01. The van der Waals surface area contributed by atoms with Crippen molar-refractivity contribution in [3.63, 3.8) is 0 Å². The Kier molecular flexibility index (Phi) is 3.94. The molecular weight excluding hydrogens is 297 g/mol. The maximum absolute atomic E-state index is 13.3. The minimum Gasteiger partial charge on any atom is -0.288 e. The van der Waals surface area contributed by atoms with E-state index in [4.69, 9.17) is 0 Å². The predicted molar refractivity (Wildman–Crippen MR) is 84.6 cm³/mol. The summed E-state index contributed by atoms with van der Waals surface area (Å²) in [4.78, 5) is 21.3. The average molecular weight is 315 g/mol. The fraction of sp³-hybridized carbons (Fsp3) is 0.375. The Balaban J connectivity index is 2.18. The van der Waals surface area contributed by atoms with Crippen LogP contribution in [0.3, 0.4) is 0 Å². The fourth-order valence-electron chi connectivity index (χ4n) is 2.73. The Morgan fingerprint density at radius 1 is 1.26 bits per heavy atom. The Bertz CT molecular complexity index is 899. The third-order valence-electron chi connectivity index (χ3n) is 3.82. The Labute approximate surface area is 132 Å². The van der Waals surface area contributed by atoms with Gasteiger partial charge in [0.05, 0.1) is 23.3 Å². The lowest BCUT2D eigenvalue weighted by Gasteiger charge is -2.20. The molecule has 0 bridgehead atoms. The molecule has 2 aromatic heterocycles. The molecular formula is C16H18FN5O. The molecule has 0 aliphatic heterocycles. The highest BCUT2D eigenvalue weighted by Crippen LogP contribution is 2.23. The Morgan fingerprint density at radius 2 is 2.04 bits per heavy atom. The minimum absolute atomic E-state index is 0.205. The first kappa shape index (κ1) is 15.3. The molecule has 3 aromatic rings. The van der Waals surface area contributed by atoms with E-state index < -0.39 is 5.82 Å². The van der Waals surface area contributed by atoms with Gasteiger partial charge in [-0.1, -0.05) is 13.8 Å². The first-order valence-corrected chi connectivity index (χ1v) is 7.47. The van der Waals surface area contributed by atoms with Crippen molar-refractivity contribution in [2.45, 2.75) is 26.3 Å². The zero-order valence-electron chi connectivity index (χ0n) is 13.3. The third-order valence-corrected chi connectivity index (χ3v) is 3.82. The van der Waals surface area contributed by atoms with E-state index in [0.29, 0.717) is 22.6 Å². The Hall–Kier alpha value is -2.57. The molecule has 1 aromatic carbocycles. The molecule has 0 saturated heterocycles. The maximum atomic E-state index is 13.3. The molecule has 1 atom stereocenters. The van der Waals surface area contributed by atoms with E-state index in [1.807, 2.05) is 0 Å². The van der Waals surface area contributed by atoms with Gasteiger partial charge in [0.2, 0.25) is 0 Å². The molecule has 0 spiro atoms. The molecule has 0 radical (unpaired) electrons. The Morgan fingerprint density at radius 3 is 2.70 bits per heavy atom. The minimum atomic E-state index is -0.408. The summed E-state index contributed by atoms with van der Waals surface area (Å²) in [6.45, 7) is 4.16. The van der Waals surface area contributed by atoms with Gasteiger partial charge < -0.3 is 0 Å². The van der Waals surface area contributed by atoms with Crippen molar-refractivity contribution in [1.29, 1.82) is 0 Å². The van der Waals surface area contributed by atoms with Gasteiger partial charge in [-0.3, -0.25) is 14.0 Å². The number of hydrogen-bond donors (Lipinski definition) is 0. The second kappa shape index (κ2) is 5.91. The lowest BCUT2D eigenvalue weighted by Crippen LogP contribution is -2.29. The number of halogens is 1. The summed E-state index contributed by atoms with van der Waals surface area (Å²) in [6.07, 6.45) is 3.66. The summed E-state index contributed by atoms with van der Waals surface area (Å²) in [5.41, 5.74) is 0.149. The number of aromatic nitrogens is 5. The number of nitrogens with zero attached hydrogens (tertiary/aromatic N) is 5. The van der Waals surface area contributed by atoms with Gasteiger partial charge in [0.25, 0.3) is 5.56 Å². The van der Waals surface area contributed by atoms with Crippen molar-refractivity contribution in [2.24, 2.45) is 13.0 Å². The normalized spacial score (nSPS) is 12.9. The molecule has 7 heteroatoms. The number of rotatable bonds is 4. The lowest BCUT2D eigenvalue weighted by atomic mass is 10.0. The highest BCUT2D eigenvalue weighted by atomic mass is 19.1. The van der Waals surface area contributed by atoms with Crippen molar-refractivity contribution in [3.8, 4) is 0 Å². The molecule has 0 unspecified atom stereocenters. The highest BCUT2D eigenvalue weighted by Gasteiger charge is 2.22. The smallest absolute Gasteiger partial charge is 0.261 e. The van der Waals surface area contributed by atoms with Crippen LogP contribution in [0.25, 0.3) is 10.9 Å². The van der Waals surface area contributed by atoms with Gasteiger partial charge in [0, 0.05) is 13.1 Å². The van der Waals surface area contributed by atoms with Crippen LogP contribution in [0, 0.1) is 11.7 Å². The van der Waals surface area contributed by atoms with Crippen LogP contribution in [0.5, 0.6) is 0 Å². The fourth-order valence-corrected chi connectivity index (χ4v) is 2.73. The molecule has 0 amide bonds. The molecule has 0 aliphatic carbocycles. The van der Waals surface area contributed by atoms with E-state index in [2.05, 4.69) is 28.9 Å². The quantitative estimate of drug-likeness (QED) is 0.741. The van der Waals surface area contributed by atoms with Gasteiger partial charge in [-0.2, -0.15) is 5.10 Å². The summed E-state index contributed by atoms with van der Waals surface area (Å²) in [5, 5.41) is 4.49. The van der Waals surface area contributed by atoms with Crippen molar-refractivity contribution >= 4 is 10.9 Å². The molecule has 23 heavy (non-hydrogen) atoms. The summed E-state index contributed by atoms with van der Waals surface area (Å²) >= 11 is 0. The summed E-state index contributed by atoms with van der Waals surface area (Å²) in [6, 6.07) is 3.74. The molecule has 0 aliphatic rings. The molecule has 0 saturated carbocycles. The SMILES string of the molecule is CC(C)C[C@H](c1ncnn1C)n1cnc2cc(F)ccc2c1=O. The van der Waals surface area contributed by atoms with E-state index in [1.165, 1.54) is 30.9 Å². The number of fused-ring (bicyclic) bond motifs is 1. The highest BCUT2D eigenvalue weighted by molar-refractivity contribution is 5.77. The van der Waals surface area contributed by atoms with Crippen LogP contribution >= 0.6 is 0 Å². The summed E-state index contributed by atoms with van der Waals surface area (Å²) < 4.78 is 16.5. The largest absolute Gasteiger partial charge is 0.288 e. The first-order valence-electron chi connectivity index (χ1n) is 7.47. The van der Waals surface area contributed by atoms with Gasteiger partial charge in [0.1, 0.15) is 18.0 Å². The van der Waals surface area contributed by atoms with E-state index in [9.17, 15) is 9.18 Å². The van der Waals surface area contributed by atoms with Crippen LogP contribution in [0.1, 0.15) is 32.1 Å². The van der Waals surface area contributed by atoms with Gasteiger partial charge in [-0.15, -0.1) is 0 Å². The number of benzene rings is 1. The molecule has 3 rings (SSSR count). The van der Waals surface area contributed by atoms with Gasteiger partial charge >= 0.3 is 0 Å². The molecule has 2 heterocycles. The van der Waals surface area contributed by atoms with Crippen LogP contribution in [0.4, 0.5) is 4.39 Å². The monoisotopic (exact) mass is 315 g/mol. The van der Waals surface area contributed by atoms with Gasteiger partial charge in [0.15, 0.2) is 0 Å². The third kappa shape index (κ3) is 2.86. The van der Waals surface area contributed by atoms with Crippen LogP contribution in [0.15, 0.2) is 35.6 Å². The summed E-state index contributed by atoms with van der Waals surface area (Å²) in [7, 11) is 1.80. The van der Waals surface area contributed by atoms with Crippen molar-refractivity contribution in [1.82, 2.24) is 24.3 Å². The first-order chi connectivity index (χ1) is 11.0. The summed E-state index contributed by atoms with van der Waals surface area (Å²) in [5.74, 6) is 0.644. The molecule has 6 nitrogen and oxygen atoms in total. The van der Waals surface area contributed by atoms with Crippen LogP contribution in [-0.2, 0) is 7.05 Å². The van der Waals surface area contributed by atoms with Crippen LogP contribution in [-0.4, -0.2) is 24.3 Å². The standard InChI is InChI=1S/C16H18FN5O/c1-10(2)6-14(15-18-8-20-21(15)3)22-9-19-13-7-11(17)4-5-12(13)16(22)23/h4-5,7-10,14H,6H2,1-3H3/t14-/m1/s1. The van der Waals surface area contributed by atoms with E-state index >= 15 is 0 Å². The van der Waals surface area contributed by atoms with E-state index in [0.717, 1.165) is 6.42 Å². The average Bonchev–Trinajstić information content (AvgIpc) is 2.91. The second-order valence-electron chi connectivity index (χ2n) is 6.01. The number of hydrogen-bond acceptors (Lipinski definition) is 4. The topological polar surface area (TPSA) is 65.6 Å². The van der Waals surface area contributed by atoms with Crippen molar-refractivity contribution in [3.05, 3.63) is 52.8 Å². The molecule has 120 valence electrons. The molecule has 0 fully saturated rings. The molecule has 0 N–H and O–H groups in total. The zero-order chi connectivity index (χ0) is 16.6. The van der Waals surface area contributed by atoms with Gasteiger partial charge in [-0.25, -0.2) is 14.4 Å². The van der Waals surface area contributed by atoms with Crippen molar-refractivity contribution in [2.75, 3.05) is 0 Å². The van der Waals surface area contributed by atoms with E-state index in [1.54, 1.807) is 16.3 Å². The van der Waals surface area contributed by atoms with Gasteiger partial charge in [-0.05, 0) is 24.5 Å². The maximum Gasteiger partial charge on any atom is 0.261 e. The van der Waals surface area contributed by atoms with Crippen LogP contribution in [0.2, 0.25) is 0 Å². The zero-order valence-corrected chi connectivity index (χ0v) is 13.3. The van der Waals surface area contributed by atoms with E-state index in [-0.39, 0.29) is 11.6 Å². The predicted octanol–water partition coefficient (Wildman–Crippen LogP) is 2.30. The number of aryl methyl sites for hydroxylation is 1. The lowest BCUT2D eigenvalue weighted by molar-refractivity contribution is 0.411.